The Morgan fingerprint density at radius 2 is 2.08 bits per heavy atom. The second kappa shape index (κ2) is 6.27. The van der Waals surface area contributed by atoms with E-state index in [-0.39, 0.29) is 29.9 Å². The highest BCUT2D eigenvalue weighted by Gasteiger charge is 2.46. The van der Waals surface area contributed by atoms with Gasteiger partial charge in [-0.05, 0) is 25.3 Å². The van der Waals surface area contributed by atoms with Gasteiger partial charge in [-0.1, -0.05) is 0 Å². The summed E-state index contributed by atoms with van der Waals surface area (Å²) in [5, 5.41) is 3.06. The van der Waals surface area contributed by atoms with Crippen LogP contribution < -0.4 is 5.32 Å². The molecule has 8 nitrogen and oxygen atoms in total. The number of hydrogen-bond acceptors (Lipinski definition) is 5. The van der Waals surface area contributed by atoms with E-state index in [1.165, 1.54) is 6.33 Å². The van der Waals surface area contributed by atoms with Gasteiger partial charge >= 0.3 is 0 Å². The summed E-state index contributed by atoms with van der Waals surface area (Å²) < 4.78 is 1.92. The monoisotopic (exact) mass is 340 g/mol. The predicted octanol–water partition coefficient (Wildman–Crippen LogP) is 0.835. The molecule has 4 rings (SSSR count). The average Bonchev–Trinajstić information content (AvgIpc) is 3.38. The van der Waals surface area contributed by atoms with Crippen molar-refractivity contribution in [3.8, 4) is 0 Å². The Morgan fingerprint density at radius 1 is 1.24 bits per heavy atom. The molecule has 0 radical (unpaired) electrons. The molecule has 8 heteroatoms. The van der Waals surface area contributed by atoms with E-state index in [1.54, 1.807) is 18.5 Å². The molecule has 130 valence electrons. The van der Waals surface area contributed by atoms with Gasteiger partial charge in [0.05, 0.1) is 6.04 Å². The third-order valence-corrected chi connectivity index (χ3v) is 4.83. The highest BCUT2D eigenvalue weighted by atomic mass is 16.2. The molecule has 2 amide bonds. The molecular formula is C17H20N6O2. The third kappa shape index (κ3) is 2.99. The number of piperidine rings is 1. The molecule has 0 spiro atoms. The maximum Gasteiger partial charge on any atom is 0.270 e. The normalized spacial score (nSPS) is 23.6. The lowest BCUT2D eigenvalue weighted by molar-refractivity contribution is -0.138. The zero-order valence-corrected chi connectivity index (χ0v) is 14.0. The first kappa shape index (κ1) is 15.7. The summed E-state index contributed by atoms with van der Waals surface area (Å²) in [4.78, 5) is 39.3. The molecule has 0 bridgehead atoms. The number of aromatic nitrogens is 4. The van der Waals surface area contributed by atoms with Crippen LogP contribution in [-0.2, 0) is 11.8 Å². The minimum absolute atomic E-state index is 0.142. The minimum Gasteiger partial charge on any atom is -0.345 e. The molecule has 1 aliphatic heterocycles. The number of imidazole rings is 1. The topological polar surface area (TPSA) is 93.0 Å². The summed E-state index contributed by atoms with van der Waals surface area (Å²) >= 11 is 0. The van der Waals surface area contributed by atoms with E-state index in [9.17, 15) is 9.59 Å². The molecule has 2 aliphatic rings. The van der Waals surface area contributed by atoms with Gasteiger partial charge in [0, 0.05) is 38.1 Å². The third-order valence-electron chi connectivity index (χ3n) is 4.83. The van der Waals surface area contributed by atoms with Crippen molar-refractivity contribution in [3.05, 3.63) is 42.5 Å². The quantitative estimate of drug-likeness (QED) is 0.890. The maximum absolute atomic E-state index is 12.6. The molecule has 0 unspecified atom stereocenters. The Balaban J connectivity index is 1.64. The summed E-state index contributed by atoms with van der Waals surface area (Å²) in [6.07, 6.45) is 9.54. The van der Waals surface area contributed by atoms with Crippen LogP contribution in [0.4, 0.5) is 0 Å². The Morgan fingerprint density at radius 3 is 2.72 bits per heavy atom. The standard InChI is InChI=1S/C17H20N6O2/c1-22-9-8-19-16(22)15-12(4-5-14(24)23(15)11-2-3-11)21-17(25)13-6-7-18-10-20-13/h6-12,15H,2-5H2,1H3,(H,21,25)/t12-,15-/m1/s1. The SMILES string of the molecule is Cn1ccnc1[C@H]1[C@H](NC(=O)c2ccncn2)CCC(=O)N1C1CC1. The molecule has 3 heterocycles. The lowest BCUT2D eigenvalue weighted by atomic mass is 9.94. The molecule has 2 aromatic heterocycles. The molecule has 2 aromatic rings. The number of aryl methyl sites for hydroxylation is 1. The second-order valence-electron chi connectivity index (χ2n) is 6.59. The van der Waals surface area contributed by atoms with Crippen molar-refractivity contribution in [2.45, 2.75) is 43.8 Å². The first-order valence-corrected chi connectivity index (χ1v) is 8.50. The van der Waals surface area contributed by atoms with E-state index in [2.05, 4.69) is 20.3 Å². The van der Waals surface area contributed by atoms with E-state index >= 15 is 0 Å². The highest BCUT2D eigenvalue weighted by Crippen LogP contribution is 2.40. The molecule has 25 heavy (non-hydrogen) atoms. The van der Waals surface area contributed by atoms with Crippen molar-refractivity contribution in [1.29, 1.82) is 0 Å². The number of hydrogen-bond donors (Lipinski definition) is 1. The zero-order valence-electron chi connectivity index (χ0n) is 14.0. The van der Waals surface area contributed by atoms with Crippen LogP contribution in [0, 0.1) is 0 Å². The van der Waals surface area contributed by atoms with Crippen LogP contribution >= 0.6 is 0 Å². The Kier molecular flexibility index (Phi) is 3.95. The Hall–Kier alpha value is -2.77. The van der Waals surface area contributed by atoms with Crippen LogP contribution in [0.5, 0.6) is 0 Å². The van der Waals surface area contributed by atoms with Crippen LogP contribution in [0.1, 0.15) is 48.0 Å². The van der Waals surface area contributed by atoms with E-state index < -0.39 is 0 Å². The van der Waals surface area contributed by atoms with E-state index in [0.717, 1.165) is 18.7 Å². The second-order valence-corrected chi connectivity index (χ2v) is 6.59. The van der Waals surface area contributed by atoms with Crippen LogP contribution in [0.25, 0.3) is 0 Å². The molecule has 1 saturated heterocycles. The largest absolute Gasteiger partial charge is 0.345 e. The van der Waals surface area contributed by atoms with Gasteiger partial charge in [-0.25, -0.2) is 15.0 Å². The number of nitrogens with one attached hydrogen (secondary N) is 1. The van der Waals surface area contributed by atoms with Crippen molar-refractivity contribution in [3.63, 3.8) is 0 Å². The Labute approximate surface area is 145 Å². The molecule has 1 N–H and O–H groups in total. The van der Waals surface area contributed by atoms with Gasteiger partial charge in [-0.3, -0.25) is 9.59 Å². The lowest BCUT2D eigenvalue weighted by Crippen LogP contribution is -2.53. The number of likely N-dealkylation sites (tertiary alicyclic amines) is 1. The van der Waals surface area contributed by atoms with Crippen molar-refractivity contribution < 1.29 is 9.59 Å². The summed E-state index contributed by atoms with van der Waals surface area (Å²) in [5.41, 5.74) is 0.323. The van der Waals surface area contributed by atoms with Crippen molar-refractivity contribution in [1.82, 2.24) is 29.7 Å². The van der Waals surface area contributed by atoms with Crippen LogP contribution in [0.15, 0.2) is 31.0 Å². The maximum atomic E-state index is 12.6. The number of carbonyl (C=O) groups excluding carboxylic acids is 2. The fourth-order valence-corrected chi connectivity index (χ4v) is 3.48. The predicted molar refractivity (Wildman–Crippen MR) is 88.3 cm³/mol. The number of carbonyl (C=O) groups is 2. The molecule has 2 fully saturated rings. The van der Waals surface area contributed by atoms with Crippen molar-refractivity contribution in [2.24, 2.45) is 7.05 Å². The van der Waals surface area contributed by atoms with E-state index in [0.29, 0.717) is 18.5 Å². The number of rotatable bonds is 4. The molecular weight excluding hydrogens is 320 g/mol. The number of amides is 2. The zero-order chi connectivity index (χ0) is 17.4. The van der Waals surface area contributed by atoms with E-state index in [1.807, 2.05) is 22.7 Å². The first-order valence-electron chi connectivity index (χ1n) is 8.50. The summed E-state index contributed by atoms with van der Waals surface area (Å²) in [6, 6.07) is 1.40. The first-order chi connectivity index (χ1) is 12.1. The average molecular weight is 340 g/mol. The van der Waals surface area contributed by atoms with Crippen molar-refractivity contribution in [2.75, 3.05) is 0 Å². The molecule has 1 aliphatic carbocycles. The van der Waals surface area contributed by atoms with Gasteiger partial charge in [0.2, 0.25) is 5.91 Å². The molecule has 2 atom stereocenters. The Bertz CT molecular complexity index is 785. The smallest absolute Gasteiger partial charge is 0.270 e. The van der Waals surface area contributed by atoms with Crippen LogP contribution in [0.2, 0.25) is 0 Å². The van der Waals surface area contributed by atoms with Crippen molar-refractivity contribution >= 4 is 11.8 Å². The van der Waals surface area contributed by atoms with E-state index in [4.69, 9.17) is 0 Å². The van der Waals surface area contributed by atoms with Gasteiger partial charge in [0.15, 0.2) is 0 Å². The fourth-order valence-electron chi connectivity index (χ4n) is 3.48. The van der Waals surface area contributed by atoms with Crippen LogP contribution in [-0.4, -0.2) is 48.3 Å². The van der Waals surface area contributed by atoms with Gasteiger partial charge in [0.1, 0.15) is 23.9 Å². The molecule has 0 aromatic carbocycles. The fraction of sp³-hybridized carbons (Fsp3) is 0.471. The number of nitrogens with zero attached hydrogens (tertiary/aromatic N) is 5. The highest BCUT2D eigenvalue weighted by molar-refractivity contribution is 5.92. The van der Waals surface area contributed by atoms with Gasteiger partial charge in [-0.2, -0.15) is 0 Å². The van der Waals surface area contributed by atoms with Gasteiger partial charge < -0.3 is 14.8 Å². The lowest BCUT2D eigenvalue weighted by Gasteiger charge is -2.41. The molecule has 1 saturated carbocycles. The summed E-state index contributed by atoms with van der Waals surface area (Å²) in [5.74, 6) is 0.688. The minimum atomic E-state index is -0.253. The van der Waals surface area contributed by atoms with Gasteiger partial charge in [0.25, 0.3) is 5.91 Å². The summed E-state index contributed by atoms with van der Waals surface area (Å²) in [6.45, 7) is 0. The van der Waals surface area contributed by atoms with Gasteiger partial charge in [-0.15, -0.1) is 0 Å². The summed E-state index contributed by atoms with van der Waals surface area (Å²) in [7, 11) is 1.91. The van der Waals surface area contributed by atoms with Crippen LogP contribution in [0.3, 0.4) is 0 Å².